The Hall–Kier alpha value is -2.01. The van der Waals surface area contributed by atoms with Gasteiger partial charge in [-0.05, 0) is 25.0 Å². The Labute approximate surface area is 144 Å². The number of aromatic amines is 1. The second-order valence-corrected chi connectivity index (χ2v) is 6.20. The zero-order valence-corrected chi connectivity index (χ0v) is 14.1. The summed E-state index contributed by atoms with van der Waals surface area (Å²) in [5, 5.41) is 16.3. The van der Waals surface area contributed by atoms with Gasteiger partial charge in [0.15, 0.2) is 5.82 Å². The van der Waals surface area contributed by atoms with E-state index in [2.05, 4.69) is 20.1 Å². The number of benzene rings is 1. The summed E-state index contributed by atoms with van der Waals surface area (Å²) in [6, 6.07) is 4.68. The van der Waals surface area contributed by atoms with Crippen LogP contribution in [0.4, 0.5) is 4.39 Å². The van der Waals surface area contributed by atoms with Gasteiger partial charge in [-0.1, -0.05) is 17.7 Å². The Morgan fingerprint density at radius 2 is 2.33 bits per heavy atom. The fraction of sp³-hybridized carbons (Fsp3) is 0.438. The third-order valence-corrected chi connectivity index (χ3v) is 4.70. The van der Waals surface area contributed by atoms with E-state index in [0.29, 0.717) is 24.5 Å². The summed E-state index contributed by atoms with van der Waals surface area (Å²) < 4.78 is 19.1. The van der Waals surface area contributed by atoms with Crippen molar-refractivity contribution in [2.75, 3.05) is 13.7 Å². The van der Waals surface area contributed by atoms with Crippen molar-refractivity contribution in [3.63, 3.8) is 0 Å². The van der Waals surface area contributed by atoms with E-state index in [4.69, 9.17) is 21.6 Å². The second-order valence-electron chi connectivity index (χ2n) is 5.82. The average molecular weight is 350 g/mol. The molecule has 1 aliphatic heterocycles. The van der Waals surface area contributed by atoms with Crippen LogP contribution in [-0.4, -0.2) is 39.8 Å². The largest absolute Gasteiger partial charge is 0.380 e. The molecule has 0 bridgehead atoms. The van der Waals surface area contributed by atoms with Gasteiger partial charge in [-0.2, -0.15) is 10.4 Å². The Bertz CT molecular complexity index is 787. The Kier molecular flexibility index (Phi) is 4.81. The first-order valence-electron chi connectivity index (χ1n) is 7.56. The second kappa shape index (κ2) is 6.85. The lowest BCUT2D eigenvalue weighted by Crippen LogP contribution is -2.25. The molecular formula is C16H17ClFN5O. The van der Waals surface area contributed by atoms with Gasteiger partial charge < -0.3 is 4.74 Å². The van der Waals surface area contributed by atoms with Crippen LogP contribution in [0.5, 0.6) is 0 Å². The highest BCUT2D eigenvalue weighted by molar-refractivity contribution is 6.32. The molecule has 1 aliphatic rings. The van der Waals surface area contributed by atoms with Crippen molar-refractivity contribution in [1.29, 1.82) is 5.26 Å². The van der Waals surface area contributed by atoms with Gasteiger partial charge in [0.25, 0.3) is 0 Å². The van der Waals surface area contributed by atoms with Crippen LogP contribution in [0.2, 0.25) is 5.02 Å². The molecule has 1 fully saturated rings. The first-order valence-corrected chi connectivity index (χ1v) is 7.94. The maximum atomic E-state index is 13.6. The molecule has 2 atom stereocenters. The molecule has 126 valence electrons. The van der Waals surface area contributed by atoms with Gasteiger partial charge in [0.2, 0.25) is 0 Å². The quantitative estimate of drug-likeness (QED) is 0.918. The van der Waals surface area contributed by atoms with E-state index >= 15 is 0 Å². The number of rotatable bonds is 4. The molecule has 2 aromatic rings. The summed E-state index contributed by atoms with van der Waals surface area (Å²) in [7, 11) is 1.67. The van der Waals surface area contributed by atoms with Crippen LogP contribution in [0.1, 0.15) is 35.2 Å². The van der Waals surface area contributed by atoms with Crippen molar-refractivity contribution < 1.29 is 9.13 Å². The zero-order chi connectivity index (χ0) is 17.3. The van der Waals surface area contributed by atoms with Gasteiger partial charge in [-0.25, -0.2) is 9.37 Å². The van der Waals surface area contributed by atoms with Gasteiger partial charge in [-0.3, -0.25) is 10.00 Å². The van der Waals surface area contributed by atoms with E-state index < -0.39 is 5.82 Å². The maximum absolute atomic E-state index is 13.6. The summed E-state index contributed by atoms with van der Waals surface area (Å²) in [4.78, 5) is 6.55. The summed E-state index contributed by atoms with van der Waals surface area (Å²) in [5.74, 6) is 0.840. The van der Waals surface area contributed by atoms with Crippen molar-refractivity contribution in [3.05, 3.63) is 45.7 Å². The third kappa shape index (κ3) is 3.13. The molecule has 8 heteroatoms. The fourth-order valence-corrected chi connectivity index (χ4v) is 3.28. The number of nitriles is 1. The molecule has 3 rings (SSSR count). The molecule has 0 radical (unpaired) electrons. The van der Waals surface area contributed by atoms with E-state index in [0.717, 1.165) is 12.2 Å². The van der Waals surface area contributed by atoms with Crippen LogP contribution in [0.15, 0.2) is 12.1 Å². The number of hydrogen-bond donors (Lipinski definition) is 1. The molecule has 2 heterocycles. The normalized spacial score (nSPS) is 21.1. The highest BCUT2D eigenvalue weighted by atomic mass is 35.5. The van der Waals surface area contributed by atoms with Gasteiger partial charge in [-0.15, -0.1) is 0 Å². The number of aryl methyl sites for hydroxylation is 1. The van der Waals surface area contributed by atoms with E-state index in [9.17, 15) is 4.39 Å². The van der Waals surface area contributed by atoms with E-state index in [1.165, 1.54) is 6.07 Å². The number of aromatic nitrogens is 3. The minimum atomic E-state index is -0.608. The van der Waals surface area contributed by atoms with Crippen molar-refractivity contribution in [3.8, 4) is 6.07 Å². The minimum Gasteiger partial charge on any atom is -0.380 e. The van der Waals surface area contributed by atoms with Crippen LogP contribution in [0.25, 0.3) is 0 Å². The van der Waals surface area contributed by atoms with Crippen LogP contribution in [0, 0.1) is 24.1 Å². The Morgan fingerprint density at radius 1 is 1.54 bits per heavy atom. The minimum absolute atomic E-state index is 0.0217. The van der Waals surface area contributed by atoms with E-state index in [1.54, 1.807) is 13.2 Å². The number of hydrogen-bond acceptors (Lipinski definition) is 5. The summed E-state index contributed by atoms with van der Waals surface area (Å²) >= 11 is 6.20. The molecule has 0 saturated carbocycles. The predicted octanol–water partition coefficient (Wildman–Crippen LogP) is 2.74. The maximum Gasteiger partial charge on any atom is 0.167 e. The smallest absolute Gasteiger partial charge is 0.167 e. The molecule has 1 aromatic heterocycles. The number of likely N-dealkylation sites (tertiary alicyclic amines) is 1. The van der Waals surface area contributed by atoms with E-state index in [1.807, 2.05) is 13.0 Å². The third-order valence-electron chi connectivity index (χ3n) is 4.27. The van der Waals surface area contributed by atoms with Crippen molar-refractivity contribution in [2.45, 2.75) is 32.0 Å². The summed E-state index contributed by atoms with van der Waals surface area (Å²) in [5.41, 5.74) is 0.575. The SMILES string of the molecule is CO[C@@H]1C[C@@H](c2n[nH]c(C)n2)N(Cc2ccc(F)c(C#N)c2Cl)C1. The lowest BCUT2D eigenvalue weighted by Gasteiger charge is -2.22. The summed E-state index contributed by atoms with van der Waals surface area (Å²) in [6.07, 6.45) is 0.820. The number of H-pyrrole nitrogens is 1. The number of nitrogens with one attached hydrogen (secondary N) is 1. The van der Waals surface area contributed by atoms with Gasteiger partial charge in [0, 0.05) is 20.2 Å². The van der Waals surface area contributed by atoms with Gasteiger partial charge in [0.05, 0.1) is 17.2 Å². The topological polar surface area (TPSA) is 77.8 Å². The lowest BCUT2D eigenvalue weighted by atomic mass is 10.1. The van der Waals surface area contributed by atoms with Crippen molar-refractivity contribution in [1.82, 2.24) is 20.1 Å². The lowest BCUT2D eigenvalue weighted by molar-refractivity contribution is 0.107. The fourth-order valence-electron chi connectivity index (χ4n) is 3.02. The van der Waals surface area contributed by atoms with Crippen molar-refractivity contribution >= 4 is 11.6 Å². The van der Waals surface area contributed by atoms with Gasteiger partial charge >= 0.3 is 0 Å². The highest BCUT2D eigenvalue weighted by Gasteiger charge is 2.36. The van der Waals surface area contributed by atoms with Crippen molar-refractivity contribution in [2.24, 2.45) is 0 Å². The standard InChI is InChI=1S/C16H17ClFN5O/c1-9-20-16(22-21-9)14-5-11(24-2)8-23(14)7-10-3-4-13(18)12(6-19)15(10)17/h3-4,11,14H,5,7-8H2,1-2H3,(H,20,21,22)/t11-,14+/m1/s1. The number of halogens is 2. The first kappa shape index (κ1) is 16.8. The Balaban J connectivity index is 1.88. The predicted molar refractivity (Wildman–Crippen MR) is 85.8 cm³/mol. The number of ether oxygens (including phenoxy) is 1. The molecule has 0 unspecified atom stereocenters. The molecule has 0 spiro atoms. The molecule has 0 aliphatic carbocycles. The average Bonchev–Trinajstić information content (AvgIpc) is 3.16. The zero-order valence-electron chi connectivity index (χ0n) is 13.4. The monoisotopic (exact) mass is 349 g/mol. The molecule has 1 aromatic carbocycles. The number of methoxy groups -OCH3 is 1. The molecular weight excluding hydrogens is 333 g/mol. The number of nitrogens with zero attached hydrogens (tertiary/aromatic N) is 4. The highest BCUT2D eigenvalue weighted by Crippen LogP contribution is 2.34. The molecule has 24 heavy (non-hydrogen) atoms. The molecule has 1 saturated heterocycles. The van der Waals surface area contributed by atoms with Crippen LogP contribution >= 0.6 is 11.6 Å². The van der Waals surface area contributed by atoms with Gasteiger partial charge in [0.1, 0.15) is 23.3 Å². The van der Waals surface area contributed by atoms with Crippen LogP contribution in [0.3, 0.4) is 0 Å². The Morgan fingerprint density at radius 3 is 2.96 bits per heavy atom. The van der Waals surface area contributed by atoms with Crippen LogP contribution < -0.4 is 0 Å². The molecule has 6 nitrogen and oxygen atoms in total. The van der Waals surface area contributed by atoms with E-state index in [-0.39, 0.29) is 22.7 Å². The first-order chi connectivity index (χ1) is 11.5. The van der Waals surface area contributed by atoms with Crippen LogP contribution in [-0.2, 0) is 11.3 Å². The molecule has 0 amide bonds. The molecule has 1 N–H and O–H groups in total. The summed E-state index contributed by atoms with van der Waals surface area (Å²) in [6.45, 7) is 3.00.